The first-order valence-corrected chi connectivity index (χ1v) is 6.27. The topological polar surface area (TPSA) is 70.8 Å². The molecule has 2 aromatic rings. The van der Waals surface area contributed by atoms with Gasteiger partial charge in [0, 0.05) is 12.2 Å². The zero-order valence-corrected chi connectivity index (χ0v) is 10.9. The molecular weight excluding hydrogens is 258 g/mol. The van der Waals surface area contributed by atoms with Crippen molar-refractivity contribution in [2.24, 2.45) is 0 Å². The van der Waals surface area contributed by atoms with Crippen molar-refractivity contribution in [3.63, 3.8) is 0 Å². The predicted molar refractivity (Wildman–Crippen MR) is 71.9 cm³/mol. The average molecular weight is 271 g/mol. The number of nitrogens with zero attached hydrogens (tertiary/aromatic N) is 1. The molecule has 3 rings (SSSR count). The molecule has 0 saturated heterocycles. The van der Waals surface area contributed by atoms with Crippen molar-refractivity contribution in [3.05, 3.63) is 53.5 Å². The lowest BCUT2D eigenvalue weighted by Crippen LogP contribution is -2.31. The number of amides is 1. The molecule has 1 amide bonds. The van der Waals surface area contributed by atoms with Gasteiger partial charge in [-0.25, -0.2) is 0 Å². The van der Waals surface area contributed by atoms with Gasteiger partial charge in [0.1, 0.15) is 11.7 Å². The summed E-state index contributed by atoms with van der Waals surface area (Å²) < 4.78 is 5.14. The molecule has 20 heavy (non-hydrogen) atoms. The van der Waals surface area contributed by atoms with Gasteiger partial charge in [-0.2, -0.15) is 0 Å². The zero-order chi connectivity index (χ0) is 14.3. The Hall–Kier alpha value is -2.56. The number of fused-ring (bicyclic) bond motifs is 1. The number of aryl methyl sites for hydroxylation is 1. The van der Waals surface area contributed by atoms with E-state index in [0.717, 1.165) is 0 Å². The molecule has 1 atom stereocenters. The van der Waals surface area contributed by atoms with Crippen molar-refractivity contribution in [3.8, 4) is 0 Å². The third-order valence-electron chi connectivity index (χ3n) is 3.60. The molecular formula is C15H13NO4. The van der Waals surface area contributed by atoms with Crippen molar-refractivity contribution in [2.45, 2.75) is 12.8 Å². The Morgan fingerprint density at radius 3 is 2.70 bits per heavy atom. The largest absolute Gasteiger partial charge is 0.481 e. The van der Waals surface area contributed by atoms with Crippen LogP contribution in [0, 0.1) is 6.92 Å². The minimum absolute atomic E-state index is 0.151. The quantitative estimate of drug-likeness (QED) is 0.910. The highest BCUT2D eigenvalue weighted by Crippen LogP contribution is 2.37. The Kier molecular flexibility index (Phi) is 2.82. The van der Waals surface area contributed by atoms with Gasteiger partial charge >= 0.3 is 5.97 Å². The smallest absolute Gasteiger partial charge is 0.312 e. The van der Waals surface area contributed by atoms with E-state index in [4.69, 9.17) is 4.42 Å². The number of rotatable bonds is 2. The number of furan rings is 1. The SMILES string of the molecule is Cc1occc1C(=O)N1C[C@H](C(=O)O)c2ccccc21. The minimum Gasteiger partial charge on any atom is -0.481 e. The number of hydrogen-bond acceptors (Lipinski definition) is 3. The number of benzene rings is 1. The number of carbonyl (C=O) groups excluding carboxylic acids is 1. The second kappa shape index (κ2) is 4.52. The van der Waals surface area contributed by atoms with E-state index < -0.39 is 11.9 Å². The molecule has 0 bridgehead atoms. The highest BCUT2D eigenvalue weighted by molar-refractivity contribution is 6.09. The van der Waals surface area contributed by atoms with Crippen LogP contribution >= 0.6 is 0 Å². The summed E-state index contributed by atoms with van der Waals surface area (Å²) in [7, 11) is 0. The fraction of sp³-hybridized carbons (Fsp3) is 0.200. The van der Waals surface area contributed by atoms with E-state index in [9.17, 15) is 14.7 Å². The maximum absolute atomic E-state index is 12.5. The molecule has 0 saturated carbocycles. The minimum atomic E-state index is -0.920. The van der Waals surface area contributed by atoms with Crippen molar-refractivity contribution >= 4 is 17.6 Å². The summed E-state index contributed by atoms with van der Waals surface area (Å²) in [6, 6.07) is 8.71. The lowest BCUT2D eigenvalue weighted by Gasteiger charge is -2.16. The van der Waals surface area contributed by atoms with Gasteiger partial charge in [0.05, 0.1) is 11.8 Å². The molecule has 5 nitrogen and oxygen atoms in total. The van der Waals surface area contributed by atoms with Crippen LogP contribution in [0.5, 0.6) is 0 Å². The third kappa shape index (κ3) is 1.79. The van der Waals surface area contributed by atoms with Gasteiger partial charge in [-0.3, -0.25) is 9.59 Å². The highest BCUT2D eigenvalue weighted by Gasteiger charge is 2.37. The van der Waals surface area contributed by atoms with Gasteiger partial charge in [-0.05, 0) is 24.6 Å². The number of anilines is 1. The summed E-state index contributed by atoms with van der Waals surface area (Å²) in [5, 5.41) is 9.29. The van der Waals surface area contributed by atoms with Gasteiger partial charge in [-0.15, -0.1) is 0 Å². The van der Waals surface area contributed by atoms with Crippen LogP contribution in [0.4, 0.5) is 5.69 Å². The second-order valence-electron chi connectivity index (χ2n) is 4.76. The number of carbonyl (C=O) groups is 2. The van der Waals surface area contributed by atoms with E-state index in [1.807, 2.05) is 0 Å². The molecule has 1 aliphatic rings. The molecule has 0 unspecified atom stereocenters. The Morgan fingerprint density at radius 2 is 2.05 bits per heavy atom. The van der Waals surface area contributed by atoms with Crippen LogP contribution in [0.15, 0.2) is 41.0 Å². The lowest BCUT2D eigenvalue weighted by molar-refractivity contribution is -0.138. The molecule has 0 spiro atoms. The second-order valence-corrected chi connectivity index (χ2v) is 4.76. The maximum Gasteiger partial charge on any atom is 0.312 e. The van der Waals surface area contributed by atoms with Gasteiger partial charge in [0.25, 0.3) is 5.91 Å². The average Bonchev–Trinajstić information content (AvgIpc) is 3.01. The summed E-state index contributed by atoms with van der Waals surface area (Å²) >= 11 is 0. The summed E-state index contributed by atoms with van der Waals surface area (Å²) in [5.74, 6) is -1.29. The van der Waals surface area contributed by atoms with Gasteiger partial charge < -0.3 is 14.4 Å². The van der Waals surface area contributed by atoms with Crippen LogP contribution in [0.25, 0.3) is 0 Å². The first-order valence-electron chi connectivity index (χ1n) is 6.27. The van der Waals surface area contributed by atoms with Crippen molar-refractivity contribution in [1.29, 1.82) is 0 Å². The normalized spacial score (nSPS) is 17.1. The monoisotopic (exact) mass is 271 g/mol. The summed E-state index contributed by atoms with van der Waals surface area (Å²) in [4.78, 5) is 25.4. The fourth-order valence-electron chi connectivity index (χ4n) is 2.56. The van der Waals surface area contributed by atoms with Crippen LogP contribution in [-0.4, -0.2) is 23.5 Å². The Morgan fingerprint density at radius 1 is 1.30 bits per heavy atom. The van der Waals surface area contributed by atoms with Crippen molar-refractivity contribution in [1.82, 2.24) is 0 Å². The number of aliphatic carboxylic acids is 1. The third-order valence-corrected chi connectivity index (χ3v) is 3.60. The molecule has 0 fully saturated rings. The number of carboxylic acid groups (broad SMARTS) is 1. The fourth-order valence-corrected chi connectivity index (χ4v) is 2.56. The molecule has 1 aliphatic heterocycles. The lowest BCUT2D eigenvalue weighted by atomic mass is 10.0. The van der Waals surface area contributed by atoms with Crippen molar-refractivity contribution in [2.75, 3.05) is 11.4 Å². The predicted octanol–water partition coefficient (Wildman–Crippen LogP) is 2.42. The molecule has 1 aromatic carbocycles. The van der Waals surface area contributed by atoms with Crippen LogP contribution in [0.2, 0.25) is 0 Å². The molecule has 102 valence electrons. The molecule has 1 aromatic heterocycles. The standard InChI is InChI=1S/C15H13NO4/c1-9-10(6-7-20-9)14(17)16-8-12(15(18)19)11-4-2-3-5-13(11)16/h2-7,12H,8H2,1H3,(H,18,19)/t12-/m0/s1. The first kappa shape index (κ1) is 12.5. The van der Waals surface area contributed by atoms with E-state index >= 15 is 0 Å². The van der Waals surface area contributed by atoms with Crippen LogP contribution in [0.3, 0.4) is 0 Å². The number of para-hydroxylation sites is 1. The Labute approximate surface area is 115 Å². The molecule has 0 aliphatic carbocycles. The van der Waals surface area contributed by atoms with Gasteiger partial charge in [-0.1, -0.05) is 18.2 Å². The van der Waals surface area contributed by atoms with E-state index in [0.29, 0.717) is 22.6 Å². The highest BCUT2D eigenvalue weighted by atomic mass is 16.4. The zero-order valence-electron chi connectivity index (χ0n) is 10.9. The summed E-state index contributed by atoms with van der Waals surface area (Å²) in [5.41, 5.74) is 1.80. The van der Waals surface area contributed by atoms with Crippen LogP contribution in [-0.2, 0) is 4.79 Å². The number of hydrogen-bond donors (Lipinski definition) is 1. The van der Waals surface area contributed by atoms with Gasteiger partial charge in [0.2, 0.25) is 0 Å². The summed E-state index contributed by atoms with van der Waals surface area (Å²) in [6.45, 7) is 1.86. The Balaban J connectivity index is 2.03. The summed E-state index contributed by atoms with van der Waals surface area (Å²) in [6.07, 6.45) is 1.46. The first-order chi connectivity index (χ1) is 9.59. The Bertz CT molecular complexity index is 689. The van der Waals surface area contributed by atoms with Crippen LogP contribution in [0.1, 0.15) is 27.6 Å². The van der Waals surface area contributed by atoms with E-state index in [-0.39, 0.29) is 12.5 Å². The molecule has 5 heteroatoms. The molecule has 2 heterocycles. The number of carboxylic acids is 1. The molecule has 0 radical (unpaired) electrons. The van der Waals surface area contributed by atoms with E-state index in [1.165, 1.54) is 11.2 Å². The molecule has 1 N–H and O–H groups in total. The van der Waals surface area contributed by atoms with E-state index in [2.05, 4.69) is 0 Å². The van der Waals surface area contributed by atoms with Gasteiger partial charge in [0.15, 0.2) is 0 Å². The van der Waals surface area contributed by atoms with E-state index in [1.54, 1.807) is 37.3 Å². The maximum atomic E-state index is 12.5. The van der Waals surface area contributed by atoms with Crippen molar-refractivity contribution < 1.29 is 19.1 Å². The van der Waals surface area contributed by atoms with Crippen LogP contribution < -0.4 is 4.90 Å².